The fourth-order valence-corrected chi connectivity index (χ4v) is 1.98. The van der Waals surface area contributed by atoms with Crippen LogP contribution in [-0.4, -0.2) is 22.0 Å². The van der Waals surface area contributed by atoms with Crippen LogP contribution >= 0.6 is 11.6 Å². The number of rotatable bonds is 3. The fourth-order valence-electron chi connectivity index (χ4n) is 1.83. The number of nitrogens with one attached hydrogen (secondary N) is 1. The smallest absolute Gasteiger partial charge is 0.328 e. The highest BCUT2D eigenvalue weighted by atomic mass is 35.5. The molecule has 3 aromatic rings. The maximum absolute atomic E-state index is 5.81. The van der Waals surface area contributed by atoms with Gasteiger partial charge in [-0.3, -0.25) is 0 Å². The molecule has 0 saturated carbocycles. The van der Waals surface area contributed by atoms with E-state index in [2.05, 4.69) is 20.3 Å². The minimum absolute atomic E-state index is 0.0835. The van der Waals surface area contributed by atoms with Crippen LogP contribution in [-0.2, 0) is 0 Å². The standard InChI is InChI=1S/C14H11ClN4O/c1-16-13-17-12(15)18-14(19-13)20-11-7-6-9-4-2-3-5-10(9)8-11/h2-8H,1H3,(H,16,17,18,19). The van der Waals surface area contributed by atoms with Crippen molar-refractivity contribution in [2.75, 3.05) is 12.4 Å². The number of fused-ring (bicyclic) bond motifs is 1. The van der Waals surface area contributed by atoms with E-state index in [9.17, 15) is 0 Å². The highest BCUT2D eigenvalue weighted by molar-refractivity contribution is 6.28. The average molecular weight is 287 g/mol. The van der Waals surface area contributed by atoms with Crippen LogP contribution in [0.5, 0.6) is 11.8 Å². The lowest BCUT2D eigenvalue weighted by molar-refractivity contribution is 0.441. The van der Waals surface area contributed by atoms with Crippen molar-refractivity contribution in [2.45, 2.75) is 0 Å². The summed E-state index contributed by atoms with van der Waals surface area (Å²) in [6.07, 6.45) is 0. The van der Waals surface area contributed by atoms with Crippen molar-refractivity contribution in [2.24, 2.45) is 0 Å². The van der Waals surface area contributed by atoms with Crippen molar-refractivity contribution in [1.82, 2.24) is 15.0 Å². The Hall–Kier alpha value is -2.40. The van der Waals surface area contributed by atoms with Gasteiger partial charge in [0.25, 0.3) is 0 Å². The van der Waals surface area contributed by atoms with E-state index in [0.29, 0.717) is 11.7 Å². The topological polar surface area (TPSA) is 59.9 Å². The first-order valence-corrected chi connectivity index (χ1v) is 6.38. The van der Waals surface area contributed by atoms with Crippen molar-refractivity contribution in [3.63, 3.8) is 0 Å². The molecule has 0 unspecified atom stereocenters. The number of hydrogen-bond acceptors (Lipinski definition) is 5. The largest absolute Gasteiger partial charge is 0.424 e. The van der Waals surface area contributed by atoms with Crippen molar-refractivity contribution < 1.29 is 4.74 Å². The molecule has 0 saturated heterocycles. The summed E-state index contributed by atoms with van der Waals surface area (Å²) >= 11 is 5.81. The van der Waals surface area contributed by atoms with Gasteiger partial charge < -0.3 is 10.1 Å². The highest BCUT2D eigenvalue weighted by Crippen LogP contribution is 2.24. The second-order valence-electron chi connectivity index (χ2n) is 4.07. The minimum Gasteiger partial charge on any atom is -0.424 e. The average Bonchev–Trinajstić information content (AvgIpc) is 2.46. The maximum atomic E-state index is 5.81. The van der Waals surface area contributed by atoms with Crippen LogP contribution in [0.2, 0.25) is 5.28 Å². The van der Waals surface area contributed by atoms with Crippen LogP contribution in [0.3, 0.4) is 0 Å². The summed E-state index contributed by atoms with van der Waals surface area (Å²) in [5.41, 5.74) is 0. The van der Waals surface area contributed by atoms with Gasteiger partial charge in [-0.05, 0) is 34.5 Å². The normalized spacial score (nSPS) is 10.5. The Balaban J connectivity index is 1.94. The van der Waals surface area contributed by atoms with E-state index in [1.165, 1.54) is 0 Å². The number of ether oxygens (including phenoxy) is 1. The predicted octanol–water partition coefficient (Wildman–Crippen LogP) is 3.51. The van der Waals surface area contributed by atoms with Crippen molar-refractivity contribution >= 4 is 28.3 Å². The molecular formula is C14H11ClN4O. The number of benzene rings is 2. The summed E-state index contributed by atoms with van der Waals surface area (Å²) in [5.74, 6) is 1.01. The molecule has 6 heteroatoms. The SMILES string of the molecule is CNc1nc(Cl)nc(Oc2ccc3ccccc3c2)n1. The van der Waals surface area contributed by atoms with Crippen molar-refractivity contribution in [1.29, 1.82) is 0 Å². The van der Waals surface area contributed by atoms with E-state index in [4.69, 9.17) is 16.3 Å². The molecule has 1 heterocycles. The summed E-state index contributed by atoms with van der Waals surface area (Å²) in [6, 6.07) is 13.9. The Bertz CT molecular complexity index is 763. The van der Waals surface area contributed by atoms with Gasteiger partial charge >= 0.3 is 6.01 Å². The third-order valence-electron chi connectivity index (χ3n) is 2.74. The molecule has 0 fully saturated rings. The van der Waals surface area contributed by atoms with E-state index >= 15 is 0 Å². The fraction of sp³-hybridized carbons (Fsp3) is 0.0714. The first-order chi connectivity index (χ1) is 9.74. The number of hydrogen-bond donors (Lipinski definition) is 1. The molecule has 0 radical (unpaired) electrons. The lowest BCUT2D eigenvalue weighted by Crippen LogP contribution is -2.01. The van der Waals surface area contributed by atoms with Gasteiger partial charge in [-0.1, -0.05) is 30.3 Å². The Labute approximate surface area is 120 Å². The van der Waals surface area contributed by atoms with Crippen LogP contribution in [0.25, 0.3) is 10.8 Å². The second-order valence-corrected chi connectivity index (χ2v) is 4.41. The molecule has 0 amide bonds. The Morgan fingerprint density at radius 2 is 1.80 bits per heavy atom. The van der Waals surface area contributed by atoms with Gasteiger partial charge in [0, 0.05) is 7.05 Å². The number of halogens is 1. The monoisotopic (exact) mass is 286 g/mol. The van der Waals surface area contributed by atoms with E-state index in [-0.39, 0.29) is 11.3 Å². The third-order valence-corrected chi connectivity index (χ3v) is 2.91. The Morgan fingerprint density at radius 3 is 2.60 bits per heavy atom. The first-order valence-electron chi connectivity index (χ1n) is 6.00. The Kier molecular flexibility index (Phi) is 3.35. The quantitative estimate of drug-likeness (QED) is 0.798. The van der Waals surface area contributed by atoms with Gasteiger partial charge in [0.15, 0.2) is 0 Å². The first kappa shape index (κ1) is 12.6. The summed E-state index contributed by atoms with van der Waals surface area (Å²) in [6.45, 7) is 0. The molecule has 0 aliphatic rings. The lowest BCUT2D eigenvalue weighted by atomic mass is 10.1. The molecule has 0 bridgehead atoms. The van der Waals surface area contributed by atoms with Gasteiger partial charge in [0.2, 0.25) is 11.2 Å². The van der Waals surface area contributed by atoms with Gasteiger partial charge in [0.1, 0.15) is 5.75 Å². The van der Waals surface area contributed by atoms with Crippen molar-refractivity contribution in [3.8, 4) is 11.8 Å². The molecule has 0 spiro atoms. The number of anilines is 1. The van der Waals surface area contributed by atoms with Gasteiger partial charge in [-0.2, -0.15) is 15.0 Å². The molecule has 2 aromatic carbocycles. The van der Waals surface area contributed by atoms with E-state index < -0.39 is 0 Å². The molecular weight excluding hydrogens is 276 g/mol. The van der Waals surface area contributed by atoms with Crippen LogP contribution in [0.4, 0.5) is 5.95 Å². The summed E-state index contributed by atoms with van der Waals surface area (Å²) < 4.78 is 5.62. The van der Waals surface area contributed by atoms with E-state index in [1.54, 1.807) is 7.05 Å². The molecule has 3 rings (SSSR count). The van der Waals surface area contributed by atoms with Gasteiger partial charge in [-0.15, -0.1) is 0 Å². The van der Waals surface area contributed by atoms with Gasteiger partial charge in [-0.25, -0.2) is 0 Å². The maximum Gasteiger partial charge on any atom is 0.328 e. The molecule has 0 atom stereocenters. The van der Waals surface area contributed by atoms with E-state index in [1.807, 2.05) is 42.5 Å². The molecule has 0 aliphatic heterocycles. The summed E-state index contributed by atoms with van der Waals surface area (Å²) in [5, 5.41) is 5.11. The zero-order valence-electron chi connectivity index (χ0n) is 10.7. The zero-order chi connectivity index (χ0) is 13.9. The molecule has 20 heavy (non-hydrogen) atoms. The summed E-state index contributed by atoms with van der Waals surface area (Å²) in [7, 11) is 1.70. The minimum atomic E-state index is 0.0835. The highest BCUT2D eigenvalue weighted by Gasteiger charge is 2.06. The predicted molar refractivity (Wildman–Crippen MR) is 78.4 cm³/mol. The van der Waals surface area contributed by atoms with Crippen LogP contribution in [0.1, 0.15) is 0 Å². The van der Waals surface area contributed by atoms with Crippen molar-refractivity contribution in [3.05, 3.63) is 47.7 Å². The van der Waals surface area contributed by atoms with Gasteiger partial charge in [0.05, 0.1) is 0 Å². The zero-order valence-corrected chi connectivity index (χ0v) is 11.4. The molecule has 1 N–H and O–H groups in total. The Morgan fingerprint density at radius 1 is 1.00 bits per heavy atom. The third kappa shape index (κ3) is 2.62. The second kappa shape index (κ2) is 5.30. The number of aromatic nitrogens is 3. The number of nitrogens with zero attached hydrogens (tertiary/aromatic N) is 3. The van der Waals surface area contributed by atoms with Crippen LogP contribution < -0.4 is 10.1 Å². The molecule has 0 aliphatic carbocycles. The summed E-state index contributed by atoms with van der Waals surface area (Å²) in [4.78, 5) is 11.9. The molecule has 5 nitrogen and oxygen atoms in total. The molecule has 100 valence electrons. The lowest BCUT2D eigenvalue weighted by Gasteiger charge is -2.06. The van der Waals surface area contributed by atoms with Crippen LogP contribution in [0, 0.1) is 0 Å². The molecule has 1 aromatic heterocycles. The van der Waals surface area contributed by atoms with E-state index in [0.717, 1.165) is 10.8 Å². The van der Waals surface area contributed by atoms with Crippen LogP contribution in [0.15, 0.2) is 42.5 Å².